The molecule has 178 valence electrons. The molecule has 2 atom stereocenters. The third-order valence-corrected chi connectivity index (χ3v) is 6.61. The minimum Gasteiger partial charge on any atom is -0.427 e. The molecule has 0 aliphatic heterocycles. The molecule has 0 heterocycles. The van der Waals surface area contributed by atoms with E-state index in [4.69, 9.17) is 21.1 Å². The van der Waals surface area contributed by atoms with Gasteiger partial charge in [-0.1, -0.05) is 57.5 Å². The largest absolute Gasteiger partial charge is 1.00 e. The zero-order valence-corrected chi connectivity index (χ0v) is 20.5. The van der Waals surface area contributed by atoms with Crippen molar-refractivity contribution in [2.75, 3.05) is 26.9 Å². The number of hydrogen-bond acceptors (Lipinski definition) is 6. The number of hydrogen-bond donors (Lipinski definition) is 0. The van der Waals surface area contributed by atoms with Crippen molar-refractivity contribution in [1.29, 1.82) is 0 Å². The number of nitrogens with zero attached hydrogens (tertiary/aromatic N) is 2. The van der Waals surface area contributed by atoms with Crippen LogP contribution < -0.4 is 0 Å². The molecule has 0 radical (unpaired) electrons. The van der Waals surface area contributed by atoms with E-state index < -0.39 is 30.4 Å². The summed E-state index contributed by atoms with van der Waals surface area (Å²) in [4.78, 5) is 42.0. The number of halogens is 1. The van der Waals surface area contributed by atoms with E-state index in [0.29, 0.717) is 36.5 Å². The van der Waals surface area contributed by atoms with Gasteiger partial charge in [-0.3, -0.25) is 19.4 Å². The third-order valence-electron chi connectivity index (χ3n) is 6.28. The molecule has 32 heavy (non-hydrogen) atoms. The summed E-state index contributed by atoms with van der Waals surface area (Å²) in [7, 11) is 1.53. The molecular weight excluding hydrogens is 432 g/mol. The molecule has 1 aliphatic carbocycles. The lowest BCUT2D eigenvalue weighted by molar-refractivity contribution is -0.161. The highest BCUT2D eigenvalue weighted by molar-refractivity contribution is 6.31. The first-order valence-electron chi connectivity index (χ1n) is 11.3. The molecule has 2 rings (SSSR count). The van der Waals surface area contributed by atoms with Crippen molar-refractivity contribution in [3.8, 4) is 0 Å². The van der Waals surface area contributed by atoms with Crippen LogP contribution in [0.2, 0.25) is 5.02 Å². The van der Waals surface area contributed by atoms with Gasteiger partial charge in [0, 0.05) is 24.1 Å². The lowest BCUT2D eigenvalue weighted by Crippen LogP contribution is -2.54. The Kier molecular flexibility index (Phi) is 9.52. The van der Waals surface area contributed by atoms with Crippen LogP contribution in [-0.2, 0) is 24.6 Å². The van der Waals surface area contributed by atoms with Crippen LogP contribution in [0.15, 0.2) is 24.3 Å². The number of carbonyl (C=O) groups excluding carboxylic acids is 3. The van der Waals surface area contributed by atoms with E-state index in [-0.39, 0.29) is 13.1 Å². The van der Waals surface area contributed by atoms with Gasteiger partial charge < -0.3 is 9.47 Å². The standard InChI is InChI=1S/C24H35ClN2O5/c1-6-27(7-2)21(17(3)4)22(29)31-16-32-23(30)26(5)24(15-11-10-14-20(24)28)18-12-8-9-13-19(18)25/h8-9,12-13,17,21H,6-7,10-11,14-16H2,1-5H3/p+1/t21-,24-/m0/s1. The summed E-state index contributed by atoms with van der Waals surface area (Å²) in [5.41, 5.74) is -0.608. The van der Waals surface area contributed by atoms with Gasteiger partial charge in [0.1, 0.15) is 11.6 Å². The van der Waals surface area contributed by atoms with Gasteiger partial charge in [0.15, 0.2) is 5.78 Å². The summed E-state index contributed by atoms with van der Waals surface area (Å²) >= 11 is 6.42. The lowest BCUT2D eigenvalue weighted by Gasteiger charge is -2.43. The number of benzene rings is 1. The minimum absolute atomic E-state index is 0. The second kappa shape index (κ2) is 11.7. The van der Waals surface area contributed by atoms with E-state index in [9.17, 15) is 14.4 Å². The van der Waals surface area contributed by atoms with Crippen LogP contribution in [0.4, 0.5) is 4.79 Å². The fraction of sp³-hybridized carbons (Fsp3) is 0.625. The number of Topliss-reactive ketones (excluding diaryl/α,β-unsaturated/α-hetero) is 1. The van der Waals surface area contributed by atoms with Gasteiger partial charge in [0.2, 0.25) is 6.79 Å². The molecule has 1 aromatic rings. The highest BCUT2D eigenvalue weighted by Crippen LogP contribution is 2.42. The maximum Gasteiger partial charge on any atom is 1.00 e. The molecule has 0 saturated heterocycles. The average Bonchev–Trinajstić information content (AvgIpc) is 2.77. The fourth-order valence-corrected chi connectivity index (χ4v) is 4.86. The van der Waals surface area contributed by atoms with Crippen molar-refractivity contribution in [3.63, 3.8) is 0 Å². The summed E-state index contributed by atoms with van der Waals surface area (Å²) < 4.78 is 10.6. The molecule has 1 aliphatic rings. The summed E-state index contributed by atoms with van der Waals surface area (Å²) in [6.45, 7) is 8.77. The van der Waals surface area contributed by atoms with Gasteiger partial charge in [0.05, 0.1) is 0 Å². The zero-order chi connectivity index (χ0) is 23.9. The van der Waals surface area contributed by atoms with Gasteiger partial charge in [0.25, 0.3) is 0 Å². The van der Waals surface area contributed by atoms with Crippen molar-refractivity contribution >= 4 is 29.4 Å². The van der Waals surface area contributed by atoms with Crippen molar-refractivity contribution in [2.24, 2.45) is 5.92 Å². The Labute approximate surface area is 197 Å². The molecule has 1 fully saturated rings. The van der Waals surface area contributed by atoms with E-state index in [0.717, 1.165) is 12.8 Å². The van der Waals surface area contributed by atoms with Crippen molar-refractivity contribution in [2.45, 2.75) is 65.0 Å². The van der Waals surface area contributed by atoms with E-state index in [2.05, 4.69) is 0 Å². The molecule has 0 unspecified atom stereocenters. The Balaban J connectivity index is 0.00000544. The molecule has 0 N–H and O–H groups in total. The Hall–Kier alpha value is -2.12. The maximum absolute atomic E-state index is 13.1. The van der Waals surface area contributed by atoms with Crippen molar-refractivity contribution in [1.82, 2.24) is 9.80 Å². The number of likely N-dealkylation sites (N-methyl/N-ethyl adjacent to an activating group) is 2. The summed E-state index contributed by atoms with van der Waals surface area (Å²) in [5.74, 6) is -0.465. The lowest BCUT2D eigenvalue weighted by atomic mass is 9.74. The topological polar surface area (TPSA) is 76.2 Å². The second-order valence-electron chi connectivity index (χ2n) is 8.43. The molecule has 1 amide bonds. The number of carbonyl (C=O) groups is 3. The zero-order valence-electron chi connectivity index (χ0n) is 20.7. The first-order valence-corrected chi connectivity index (χ1v) is 11.7. The fourth-order valence-electron chi connectivity index (χ4n) is 4.57. The number of esters is 1. The average molecular weight is 468 g/mol. The molecule has 0 bridgehead atoms. The van der Waals surface area contributed by atoms with Gasteiger partial charge in [-0.2, -0.15) is 0 Å². The first kappa shape index (κ1) is 26.1. The van der Waals surface area contributed by atoms with Gasteiger partial charge in [-0.05, 0) is 44.3 Å². The summed E-state index contributed by atoms with van der Waals surface area (Å²) in [5, 5.41) is 0.424. The highest BCUT2D eigenvalue weighted by atomic mass is 35.5. The van der Waals surface area contributed by atoms with Crippen LogP contribution in [0, 0.1) is 5.92 Å². The van der Waals surface area contributed by atoms with Crippen LogP contribution in [0.5, 0.6) is 0 Å². The minimum atomic E-state index is -1.20. The SMILES string of the molecule is CCN(CC)[C@H](C(=O)OCOC(=O)N(C)[C@]1(c2ccccc2Cl)CCCCC1=O)C(C)C.[H+]. The molecule has 0 aromatic heterocycles. The van der Waals surface area contributed by atoms with Crippen LogP contribution in [0.25, 0.3) is 0 Å². The summed E-state index contributed by atoms with van der Waals surface area (Å²) in [6, 6.07) is 6.64. The predicted molar refractivity (Wildman–Crippen MR) is 124 cm³/mol. The number of ketones is 1. The Bertz CT molecular complexity index is 818. The Morgan fingerprint density at radius 3 is 2.38 bits per heavy atom. The second-order valence-corrected chi connectivity index (χ2v) is 8.84. The first-order chi connectivity index (χ1) is 15.2. The van der Waals surface area contributed by atoms with Crippen LogP contribution in [0.1, 0.15) is 60.4 Å². The molecular formula is C24H36ClN2O5+. The molecule has 0 spiro atoms. The number of amides is 1. The Morgan fingerprint density at radius 2 is 1.81 bits per heavy atom. The van der Waals surface area contributed by atoms with Crippen LogP contribution in [-0.4, -0.2) is 60.6 Å². The maximum atomic E-state index is 13.1. The van der Waals surface area contributed by atoms with Gasteiger partial charge in [-0.25, -0.2) is 4.79 Å². The van der Waals surface area contributed by atoms with Crippen LogP contribution >= 0.6 is 11.6 Å². The highest BCUT2D eigenvalue weighted by Gasteiger charge is 2.48. The molecule has 1 saturated carbocycles. The van der Waals surface area contributed by atoms with Gasteiger partial charge in [-0.15, -0.1) is 0 Å². The van der Waals surface area contributed by atoms with E-state index in [1.165, 1.54) is 11.9 Å². The number of ether oxygens (including phenoxy) is 2. The van der Waals surface area contributed by atoms with Crippen molar-refractivity contribution in [3.05, 3.63) is 34.9 Å². The van der Waals surface area contributed by atoms with E-state index in [1.54, 1.807) is 24.3 Å². The van der Waals surface area contributed by atoms with E-state index in [1.807, 2.05) is 32.6 Å². The monoisotopic (exact) mass is 467 g/mol. The van der Waals surface area contributed by atoms with Gasteiger partial charge >= 0.3 is 13.5 Å². The Morgan fingerprint density at radius 1 is 1.16 bits per heavy atom. The van der Waals surface area contributed by atoms with Crippen LogP contribution in [0.3, 0.4) is 0 Å². The normalized spacial score (nSPS) is 19.7. The number of rotatable bonds is 9. The summed E-state index contributed by atoms with van der Waals surface area (Å²) in [6.07, 6.45) is 1.63. The predicted octanol–water partition coefficient (Wildman–Crippen LogP) is 4.73. The third kappa shape index (κ3) is 5.44. The molecule has 8 heteroatoms. The smallest absolute Gasteiger partial charge is 0.427 e. The quantitative estimate of drug-likeness (QED) is 0.386. The van der Waals surface area contributed by atoms with E-state index >= 15 is 0 Å². The molecule has 1 aromatic carbocycles. The van der Waals surface area contributed by atoms with Crippen molar-refractivity contribution < 1.29 is 25.3 Å². The molecule has 7 nitrogen and oxygen atoms in total.